The molecule has 0 atom stereocenters. The zero-order chi connectivity index (χ0) is 14.7. The van der Waals surface area contributed by atoms with Gasteiger partial charge in [-0.2, -0.15) is 0 Å². The number of nitrogens with two attached hydrogens (primary N) is 1. The average Bonchev–Trinajstić information content (AvgIpc) is 2.46. The van der Waals surface area contributed by atoms with Gasteiger partial charge in [-0.25, -0.2) is 20.2 Å². The third-order valence-electron chi connectivity index (χ3n) is 2.65. The Labute approximate surface area is 113 Å². The van der Waals surface area contributed by atoms with Crippen molar-refractivity contribution in [2.45, 2.75) is 0 Å². The maximum Gasteiger partial charge on any atom is 0.355 e. The highest BCUT2D eigenvalue weighted by atomic mass is 19.1. The second-order valence-electron chi connectivity index (χ2n) is 3.81. The van der Waals surface area contributed by atoms with Crippen LogP contribution in [0, 0.1) is 15.9 Å². The van der Waals surface area contributed by atoms with E-state index in [0.717, 1.165) is 6.33 Å². The van der Waals surface area contributed by atoms with Crippen molar-refractivity contribution in [2.24, 2.45) is 5.84 Å². The minimum absolute atomic E-state index is 0.0666. The van der Waals surface area contributed by atoms with Gasteiger partial charge in [-0.3, -0.25) is 10.1 Å². The van der Waals surface area contributed by atoms with Crippen molar-refractivity contribution >= 4 is 23.0 Å². The van der Waals surface area contributed by atoms with Crippen molar-refractivity contribution < 1.29 is 9.31 Å². The Morgan fingerprint density at radius 1 is 1.40 bits per heavy atom. The number of anilines is 3. The van der Waals surface area contributed by atoms with E-state index in [1.54, 1.807) is 6.07 Å². The van der Waals surface area contributed by atoms with Crippen LogP contribution in [0.5, 0.6) is 0 Å². The van der Waals surface area contributed by atoms with Crippen molar-refractivity contribution in [3.63, 3.8) is 0 Å². The number of halogens is 1. The molecule has 0 spiro atoms. The number of rotatable bonds is 4. The summed E-state index contributed by atoms with van der Waals surface area (Å²) >= 11 is 0. The fourth-order valence-corrected chi connectivity index (χ4v) is 1.73. The van der Waals surface area contributed by atoms with Crippen LogP contribution in [0.3, 0.4) is 0 Å². The highest BCUT2D eigenvalue weighted by Crippen LogP contribution is 2.34. The zero-order valence-corrected chi connectivity index (χ0v) is 10.4. The van der Waals surface area contributed by atoms with Crippen molar-refractivity contribution in [1.29, 1.82) is 0 Å². The molecule has 0 aliphatic rings. The summed E-state index contributed by atoms with van der Waals surface area (Å²) in [5.74, 6) is 4.45. The summed E-state index contributed by atoms with van der Waals surface area (Å²) in [5, 5.41) is 11.1. The lowest BCUT2D eigenvalue weighted by Crippen LogP contribution is -2.18. The molecular weight excluding hydrogens is 267 g/mol. The molecule has 0 fully saturated rings. The lowest BCUT2D eigenvalue weighted by molar-refractivity contribution is -0.383. The van der Waals surface area contributed by atoms with Gasteiger partial charge in [-0.15, -0.1) is 0 Å². The van der Waals surface area contributed by atoms with Crippen LogP contribution in [0.25, 0.3) is 0 Å². The van der Waals surface area contributed by atoms with Gasteiger partial charge in [-0.05, 0) is 12.1 Å². The van der Waals surface area contributed by atoms with Crippen molar-refractivity contribution in [3.05, 3.63) is 46.5 Å². The van der Waals surface area contributed by atoms with Crippen molar-refractivity contribution in [1.82, 2.24) is 9.97 Å². The molecule has 0 radical (unpaired) electrons. The van der Waals surface area contributed by atoms with Crippen LogP contribution in [-0.4, -0.2) is 21.9 Å². The number of aromatic nitrogens is 2. The van der Waals surface area contributed by atoms with Gasteiger partial charge in [0, 0.05) is 7.05 Å². The number of benzene rings is 1. The number of hydrogen-bond acceptors (Lipinski definition) is 7. The smallest absolute Gasteiger partial charge is 0.321 e. The van der Waals surface area contributed by atoms with E-state index in [0.29, 0.717) is 0 Å². The highest BCUT2D eigenvalue weighted by molar-refractivity contribution is 5.75. The second kappa shape index (κ2) is 5.45. The summed E-state index contributed by atoms with van der Waals surface area (Å²) in [5.41, 5.74) is 1.85. The molecule has 2 aromatic rings. The summed E-state index contributed by atoms with van der Waals surface area (Å²) in [4.78, 5) is 19.2. The predicted octanol–water partition coefficient (Wildman–Crippen LogP) is 1.58. The molecule has 3 N–H and O–H groups in total. The van der Waals surface area contributed by atoms with Gasteiger partial charge in [0.25, 0.3) is 0 Å². The third kappa shape index (κ3) is 2.34. The molecular formula is C11H11FN6O2. The molecule has 0 saturated heterocycles. The van der Waals surface area contributed by atoms with Gasteiger partial charge in [-0.1, -0.05) is 12.1 Å². The monoisotopic (exact) mass is 278 g/mol. The summed E-state index contributed by atoms with van der Waals surface area (Å²) in [6.45, 7) is 0. The molecule has 0 bridgehead atoms. The van der Waals surface area contributed by atoms with Gasteiger partial charge >= 0.3 is 5.69 Å². The molecule has 0 unspecified atom stereocenters. The van der Waals surface area contributed by atoms with E-state index in [-0.39, 0.29) is 17.3 Å². The molecule has 8 nitrogen and oxygen atoms in total. The van der Waals surface area contributed by atoms with E-state index in [1.807, 2.05) is 0 Å². The zero-order valence-electron chi connectivity index (χ0n) is 10.4. The number of nitrogens with zero attached hydrogens (tertiary/aromatic N) is 4. The highest BCUT2D eigenvalue weighted by Gasteiger charge is 2.26. The quantitative estimate of drug-likeness (QED) is 0.496. The molecule has 2 rings (SSSR count). The summed E-state index contributed by atoms with van der Waals surface area (Å²) in [6, 6.07) is 5.87. The summed E-state index contributed by atoms with van der Waals surface area (Å²) in [7, 11) is 1.47. The molecule has 20 heavy (non-hydrogen) atoms. The van der Waals surface area contributed by atoms with Gasteiger partial charge in [0.15, 0.2) is 0 Å². The second-order valence-corrected chi connectivity index (χ2v) is 3.81. The normalized spacial score (nSPS) is 10.2. The lowest BCUT2D eigenvalue weighted by Gasteiger charge is -2.19. The molecule has 0 aliphatic heterocycles. The molecule has 104 valence electrons. The first-order chi connectivity index (χ1) is 9.56. The minimum Gasteiger partial charge on any atom is -0.321 e. The SMILES string of the molecule is CN(c1ccccc1F)c1ncnc(NN)c1[N+](=O)[O-]. The van der Waals surface area contributed by atoms with Gasteiger partial charge < -0.3 is 10.3 Å². The van der Waals surface area contributed by atoms with Crippen LogP contribution in [0.2, 0.25) is 0 Å². The number of nitrogens with one attached hydrogen (secondary N) is 1. The van der Waals surface area contributed by atoms with Gasteiger partial charge in [0.2, 0.25) is 11.6 Å². The Morgan fingerprint density at radius 3 is 2.70 bits per heavy atom. The van der Waals surface area contributed by atoms with E-state index in [1.165, 1.54) is 30.1 Å². The van der Waals surface area contributed by atoms with Gasteiger partial charge in [0.1, 0.15) is 12.1 Å². The molecule has 0 amide bonds. The molecule has 9 heteroatoms. The van der Waals surface area contributed by atoms with E-state index < -0.39 is 16.4 Å². The number of nitro groups is 1. The molecule has 1 heterocycles. The first-order valence-electron chi connectivity index (χ1n) is 5.50. The Hall–Kier alpha value is -2.81. The minimum atomic E-state index is -0.679. The molecule has 1 aromatic carbocycles. The van der Waals surface area contributed by atoms with Crippen LogP contribution >= 0.6 is 0 Å². The van der Waals surface area contributed by atoms with E-state index >= 15 is 0 Å². The van der Waals surface area contributed by atoms with Crippen molar-refractivity contribution in [3.8, 4) is 0 Å². The van der Waals surface area contributed by atoms with Crippen molar-refractivity contribution in [2.75, 3.05) is 17.4 Å². The fourth-order valence-electron chi connectivity index (χ4n) is 1.73. The van der Waals surface area contributed by atoms with E-state index in [9.17, 15) is 14.5 Å². The van der Waals surface area contributed by atoms with Crippen LogP contribution in [0.4, 0.5) is 27.4 Å². The number of para-hydroxylation sites is 1. The number of hydrazine groups is 1. The third-order valence-corrected chi connectivity index (χ3v) is 2.65. The van der Waals surface area contributed by atoms with Crippen LogP contribution < -0.4 is 16.2 Å². The molecule has 0 saturated carbocycles. The summed E-state index contributed by atoms with van der Waals surface area (Å²) < 4.78 is 13.7. The fraction of sp³-hybridized carbons (Fsp3) is 0.0909. The van der Waals surface area contributed by atoms with E-state index in [2.05, 4.69) is 15.4 Å². The van der Waals surface area contributed by atoms with Gasteiger partial charge in [0.05, 0.1) is 10.6 Å². The molecule has 0 aliphatic carbocycles. The van der Waals surface area contributed by atoms with Crippen LogP contribution in [0.15, 0.2) is 30.6 Å². The average molecular weight is 278 g/mol. The predicted molar refractivity (Wildman–Crippen MR) is 71.0 cm³/mol. The maximum absolute atomic E-state index is 13.7. The first kappa shape index (κ1) is 13.6. The van der Waals surface area contributed by atoms with Crippen LogP contribution in [-0.2, 0) is 0 Å². The lowest BCUT2D eigenvalue weighted by atomic mass is 10.2. The van der Waals surface area contributed by atoms with Crippen LogP contribution in [0.1, 0.15) is 0 Å². The summed E-state index contributed by atoms with van der Waals surface area (Å²) in [6.07, 6.45) is 1.11. The number of nitrogen functional groups attached to an aromatic ring is 1. The standard InChI is InChI=1S/C11H11FN6O2/c1-17(8-5-3-2-4-7(8)12)11-9(18(19)20)10(16-13)14-6-15-11/h2-6H,13H2,1H3,(H,14,15,16). The number of hydrogen-bond donors (Lipinski definition) is 2. The maximum atomic E-state index is 13.7. The molecule has 1 aromatic heterocycles. The Balaban J connectivity index is 2.58. The first-order valence-corrected chi connectivity index (χ1v) is 5.50. The Bertz CT molecular complexity index is 651. The largest absolute Gasteiger partial charge is 0.355 e. The Kier molecular flexibility index (Phi) is 3.71. The Morgan fingerprint density at radius 2 is 2.10 bits per heavy atom. The van der Waals surface area contributed by atoms with E-state index in [4.69, 9.17) is 5.84 Å². The topological polar surface area (TPSA) is 110 Å².